The Labute approximate surface area is 309 Å². The molecule has 0 bridgehead atoms. The Morgan fingerprint density at radius 1 is 0.583 bits per heavy atom. The van der Waals surface area contributed by atoms with Gasteiger partial charge in [0.2, 0.25) is 0 Å². The van der Waals surface area contributed by atoms with Gasteiger partial charge in [-0.3, -0.25) is 0 Å². The number of rotatable bonds is 8. The molecule has 2 aliphatic rings. The number of hydrogen-bond donors (Lipinski definition) is 0. The summed E-state index contributed by atoms with van der Waals surface area (Å²) in [5.74, 6) is -6.06. The van der Waals surface area contributed by atoms with E-state index in [0.29, 0.717) is 0 Å². The number of carbonyl (C=O) groups is 4. The van der Waals surface area contributed by atoms with E-state index in [4.69, 9.17) is 88.6 Å². The number of ether oxygens (including phenoxy) is 4. The first-order chi connectivity index (χ1) is 22.4. The highest BCUT2D eigenvalue weighted by Gasteiger charge is 2.34. The highest BCUT2D eigenvalue weighted by molar-refractivity contribution is 6.47. The maximum absolute atomic E-state index is 13.2. The quantitative estimate of drug-likeness (QED) is 0.113. The van der Waals surface area contributed by atoms with Crippen LogP contribution < -0.4 is 9.47 Å². The zero-order chi connectivity index (χ0) is 35.6. The Hall–Kier alpha value is -1.94. The second-order valence-corrected chi connectivity index (χ2v) is 16.3. The lowest BCUT2D eigenvalue weighted by Gasteiger charge is -2.34. The zero-order valence-electron chi connectivity index (χ0n) is 26.9. The van der Waals surface area contributed by atoms with Gasteiger partial charge in [-0.1, -0.05) is 97.3 Å². The number of esters is 4. The third kappa shape index (κ3) is 9.64. The Balaban J connectivity index is 1.50. The smallest absolute Gasteiger partial charge is 0.423 e. The molecule has 0 amide bonds. The number of halogens is 6. The largest absolute Gasteiger partial charge is 0.462 e. The minimum atomic E-state index is -1.63. The maximum atomic E-state index is 13.2. The summed E-state index contributed by atoms with van der Waals surface area (Å²) in [6, 6.07) is 2.27. The fourth-order valence-electron chi connectivity index (χ4n) is 5.77. The molecule has 8 nitrogen and oxygen atoms in total. The first-order valence-corrected chi connectivity index (χ1v) is 17.8. The van der Waals surface area contributed by atoms with Crippen molar-refractivity contribution in [2.45, 2.75) is 79.1 Å². The van der Waals surface area contributed by atoms with E-state index in [2.05, 4.69) is 27.7 Å². The normalized spacial score (nSPS) is 17.8. The highest BCUT2D eigenvalue weighted by Crippen LogP contribution is 2.43. The number of benzene rings is 2. The van der Waals surface area contributed by atoms with Gasteiger partial charge in [-0.2, -0.15) is 0 Å². The van der Waals surface area contributed by atoms with Gasteiger partial charge >= 0.3 is 23.9 Å². The first-order valence-electron chi connectivity index (χ1n) is 15.5. The van der Waals surface area contributed by atoms with Crippen LogP contribution in [-0.2, 0) is 19.1 Å². The molecule has 2 aromatic rings. The topological polar surface area (TPSA) is 105 Å². The molecule has 0 aliphatic heterocycles. The molecular weight excluding hydrogens is 749 g/mol. The lowest BCUT2D eigenvalue weighted by Crippen LogP contribution is -2.28. The fourth-order valence-corrected chi connectivity index (χ4v) is 7.21. The third-order valence-electron chi connectivity index (χ3n) is 9.04. The Morgan fingerprint density at radius 2 is 0.896 bits per heavy atom. The van der Waals surface area contributed by atoms with Crippen molar-refractivity contribution in [2.75, 3.05) is 13.2 Å². The van der Waals surface area contributed by atoms with Crippen molar-refractivity contribution < 1.29 is 38.1 Å². The average molecular weight is 785 g/mol. The van der Waals surface area contributed by atoms with Gasteiger partial charge < -0.3 is 18.9 Å². The van der Waals surface area contributed by atoms with Crippen LogP contribution in [0.1, 0.15) is 99.8 Å². The third-order valence-corrected chi connectivity index (χ3v) is 11.2. The maximum Gasteiger partial charge on any atom is 0.423 e. The van der Waals surface area contributed by atoms with Crippen molar-refractivity contribution in [3.8, 4) is 11.5 Å². The van der Waals surface area contributed by atoms with Crippen LogP contribution in [0.15, 0.2) is 12.1 Å². The van der Waals surface area contributed by atoms with E-state index < -0.39 is 46.5 Å². The lowest BCUT2D eigenvalue weighted by atomic mass is 9.73. The van der Waals surface area contributed by atoms with E-state index in [9.17, 15) is 19.2 Å². The molecule has 14 heteroatoms. The molecule has 0 radical (unpaired) electrons. The number of hydrogen-bond acceptors (Lipinski definition) is 8. The predicted molar refractivity (Wildman–Crippen MR) is 186 cm³/mol. The molecule has 0 heterocycles. The van der Waals surface area contributed by atoms with E-state index in [1.54, 1.807) is 0 Å². The second-order valence-electron chi connectivity index (χ2n) is 13.9. The molecule has 0 saturated heterocycles. The van der Waals surface area contributed by atoms with Gasteiger partial charge in [0.05, 0.1) is 43.3 Å². The Morgan fingerprint density at radius 3 is 1.21 bits per heavy atom. The monoisotopic (exact) mass is 782 g/mol. The summed E-state index contributed by atoms with van der Waals surface area (Å²) in [6.07, 6.45) is 7.37. The van der Waals surface area contributed by atoms with Gasteiger partial charge in [0.15, 0.2) is 11.5 Å². The summed E-state index contributed by atoms with van der Waals surface area (Å²) in [5, 5.41) is -1.44. The minimum absolute atomic E-state index is 0.0955. The van der Waals surface area contributed by atoms with Gasteiger partial charge in [0.25, 0.3) is 0 Å². The summed E-state index contributed by atoms with van der Waals surface area (Å²) >= 11 is 37.6. The lowest BCUT2D eigenvalue weighted by molar-refractivity contribution is -0.156. The SMILES string of the molecule is CC1(C)CCC(COC(=O)c2c(Cl)c(Cl)cc(Cl)c2OC(=O)C(=O)Oc2c(Cl)cc(Cl)c(Cl)c2C(=O)OCC2CCC(C)(C)CC2)CC1. The molecule has 0 atom stereocenters. The van der Waals surface area contributed by atoms with Crippen LogP contribution >= 0.6 is 69.6 Å². The van der Waals surface area contributed by atoms with E-state index in [-0.39, 0.29) is 66.0 Å². The Bertz CT molecular complexity index is 1470. The molecule has 0 unspecified atom stereocenters. The van der Waals surface area contributed by atoms with Crippen molar-refractivity contribution in [2.24, 2.45) is 22.7 Å². The van der Waals surface area contributed by atoms with Crippen molar-refractivity contribution >= 4 is 93.5 Å². The van der Waals surface area contributed by atoms with E-state index in [1.807, 2.05) is 0 Å². The molecule has 2 saturated carbocycles. The fraction of sp³-hybridized carbons (Fsp3) is 0.529. The first kappa shape index (κ1) is 38.9. The van der Waals surface area contributed by atoms with Gasteiger partial charge in [0.1, 0.15) is 11.1 Å². The van der Waals surface area contributed by atoms with Crippen LogP contribution in [0.25, 0.3) is 0 Å². The van der Waals surface area contributed by atoms with Crippen molar-refractivity contribution in [3.63, 3.8) is 0 Å². The highest BCUT2D eigenvalue weighted by atomic mass is 35.5. The van der Waals surface area contributed by atoms with Crippen molar-refractivity contribution in [3.05, 3.63) is 53.4 Å². The molecule has 2 fully saturated rings. The van der Waals surface area contributed by atoms with Gasteiger partial charge in [-0.05, 0) is 86.2 Å². The van der Waals surface area contributed by atoms with Gasteiger partial charge in [-0.15, -0.1) is 0 Å². The molecule has 0 spiro atoms. The van der Waals surface area contributed by atoms with Gasteiger partial charge in [0, 0.05) is 0 Å². The predicted octanol–water partition coefficient (Wildman–Crippen LogP) is 10.9. The molecule has 262 valence electrons. The molecule has 48 heavy (non-hydrogen) atoms. The zero-order valence-corrected chi connectivity index (χ0v) is 31.4. The van der Waals surface area contributed by atoms with E-state index >= 15 is 0 Å². The van der Waals surface area contributed by atoms with Crippen molar-refractivity contribution in [1.29, 1.82) is 0 Å². The molecule has 0 aromatic heterocycles. The summed E-state index contributed by atoms with van der Waals surface area (Å²) in [5.41, 5.74) is -0.464. The van der Waals surface area contributed by atoms with Gasteiger partial charge in [-0.25, -0.2) is 19.2 Å². The van der Waals surface area contributed by atoms with Crippen LogP contribution in [0.4, 0.5) is 0 Å². The summed E-state index contributed by atoms with van der Waals surface area (Å²) in [6.45, 7) is 8.95. The van der Waals surface area contributed by atoms with Crippen LogP contribution in [0.5, 0.6) is 11.5 Å². The van der Waals surface area contributed by atoms with Crippen molar-refractivity contribution in [1.82, 2.24) is 0 Å². The second kappa shape index (κ2) is 15.9. The standard InChI is InChI=1S/C34H36Cl6O8/c1-33(2)9-5-17(6-10-33)15-45-29(41)23-25(39)19(35)13-21(37)27(23)47-31(43)32(44)48-28-22(38)14-20(36)26(40)24(28)30(42)46-16-18-7-11-34(3,4)12-8-18/h13-14,17-18H,5-12,15-16H2,1-4H3. The van der Waals surface area contributed by atoms with E-state index in [0.717, 1.165) is 63.5 Å². The molecular formula is C34H36Cl6O8. The summed E-state index contributed by atoms with van der Waals surface area (Å²) < 4.78 is 21.5. The molecule has 2 aliphatic carbocycles. The van der Waals surface area contributed by atoms with E-state index in [1.165, 1.54) is 0 Å². The van der Waals surface area contributed by atoms with Crippen LogP contribution in [0, 0.1) is 22.7 Å². The summed E-state index contributed by atoms with van der Waals surface area (Å²) in [4.78, 5) is 52.5. The van der Waals surface area contributed by atoms with Crippen LogP contribution in [0.2, 0.25) is 30.1 Å². The van der Waals surface area contributed by atoms with Crippen LogP contribution in [-0.4, -0.2) is 37.1 Å². The number of carbonyl (C=O) groups excluding carboxylic acids is 4. The average Bonchev–Trinajstić information content (AvgIpc) is 3.01. The molecule has 2 aromatic carbocycles. The summed E-state index contributed by atoms with van der Waals surface area (Å²) in [7, 11) is 0. The van der Waals surface area contributed by atoms with Crippen LogP contribution in [0.3, 0.4) is 0 Å². The molecule has 4 rings (SSSR count). The minimum Gasteiger partial charge on any atom is -0.462 e. The Kier molecular flexibility index (Phi) is 12.9. The molecule has 0 N–H and O–H groups in total.